The third-order valence-electron chi connectivity index (χ3n) is 10.5. The van der Waals surface area contributed by atoms with Crippen molar-refractivity contribution in [3.8, 4) is 16.9 Å². The zero-order valence-electron chi connectivity index (χ0n) is 26.8. The predicted octanol–water partition coefficient (Wildman–Crippen LogP) is 1.03. The van der Waals surface area contributed by atoms with Crippen molar-refractivity contribution in [3.63, 3.8) is 0 Å². The topological polar surface area (TPSA) is 204 Å². The predicted molar refractivity (Wildman–Crippen MR) is 166 cm³/mol. The Labute approximate surface area is 282 Å². The molecule has 50 heavy (non-hydrogen) atoms. The van der Waals surface area contributed by atoms with E-state index in [1.807, 2.05) is 0 Å². The Balaban J connectivity index is 1.30. The van der Waals surface area contributed by atoms with E-state index in [0.29, 0.717) is 21.6 Å². The molecule has 5 N–H and O–H groups in total. The smallest absolute Gasteiger partial charge is 0.471 e. The number of alkyl halides is 3. The van der Waals surface area contributed by atoms with E-state index < -0.39 is 94.1 Å². The molecule has 0 bridgehead atoms. The molecule has 2 aromatic carbocycles. The molecule has 1 heterocycles. The summed E-state index contributed by atoms with van der Waals surface area (Å²) in [5, 5.41) is 25.1. The van der Waals surface area contributed by atoms with Crippen LogP contribution < -0.4 is 11.1 Å². The summed E-state index contributed by atoms with van der Waals surface area (Å²) in [6.45, 7) is -0.205. The van der Waals surface area contributed by atoms with E-state index in [1.165, 1.54) is 37.2 Å². The number of fused-ring (bicyclic) bond motifs is 3. The second kappa shape index (κ2) is 12.1. The van der Waals surface area contributed by atoms with Crippen molar-refractivity contribution in [1.82, 2.24) is 9.80 Å². The summed E-state index contributed by atoms with van der Waals surface area (Å²) in [7, 11) is 2.98. The number of anilines is 1. The molecule has 3 aliphatic carbocycles. The molecule has 2 saturated carbocycles. The molecule has 3 amide bonds. The molecule has 3 fully saturated rings. The zero-order chi connectivity index (χ0) is 36.6. The lowest BCUT2D eigenvalue weighted by Gasteiger charge is -2.52. The van der Waals surface area contributed by atoms with Crippen molar-refractivity contribution in [2.24, 2.45) is 29.4 Å². The number of aliphatic hydroxyl groups is 1. The number of Topliss-reactive ketones (excluding diaryl/α,β-unsaturated/α-hetero) is 4. The number of nitrogens with one attached hydrogen (secondary N) is 1. The number of nitrogens with two attached hydrogens (primary N) is 1. The number of carbonyl (C=O) groups is 7. The first-order valence-electron chi connectivity index (χ1n) is 15.9. The van der Waals surface area contributed by atoms with Gasteiger partial charge in [-0.25, -0.2) is 0 Å². The number of likely N-dealkylation sites (tertiary alicyclic amines) is 1. The van der Waals surface area contributed by atoms with Crippen LogP contribution in [0.4, 0.5) is 18.9 Å². The SMILES string of the molecule is CN(C)[C@H]1C(=O)C(C(N)=O)C(=O)[C@]2(O)C(=O)C3C(=O)c4c(O)ccc(-c5ccc(NC(=O)C6CCCN6C(=O)C(F)(F)F)cc5)c4C[C@@H]3C[C@H]12. The summed E-state index contributed by atoms with van der Waals surface area (Å²) < 4.78 is 39.1. The van der Waals surface area contributed by atoms with Gasteiger partial charge < -0.3 is 26.2 Å². The normalized spacial score (nSPS) is 29.4. The number of phenols is 1. The lowest BCUT2D eigenvalue weighted by Crippen LogP contribution is -2.74. The highest BCUT2D eigenvalue weighted by molar-refractivity contribution is 6.32. The minimum absolute atomic E-state index is 0.0266. The Morgan fingerprint density at radius 2 is 1.68 bits per heavy atom. The van der Waals surface area contributed by atoms with Gasteiger partial charge in [-0.15, -0.1) is 0 Å². The molecule has 2 aromatic rings. The Bertz CT molecular complexity index is 1860. The quantitative estimate of drug-likeness (QED) is 0.327. The fraction of sp³-hybridized carbons (Fsp3) is 0.441. The molecule has 3 unspecified atom stereocenters. The van der Waals surface area contributed by atoms with E-state index in [2.05, 4.69) is 5.32 Å². The number of benzene rings is 2. The second-order valence-electron chi connectivity index (χ2n) is 13.5. The van der Waals surface area contributed by atoms with Gasteiger partial charge in [-0.2, -0.15) is 13.2 Å². The first-order chi connectivity index (χ1) is 23.4. The maximum atomic E-state index is 14.0. The zero-order valence-corrected chi connectivity index (χ0v) is 26.8. The van der Waals surface area contributed by atoms with E-state index in [0.717, 1.165) is 0 Å². The van der Waals surface area contributed by atoms with Crippen molar-refractivity contribution >= 4 is 46.5 Å². The average Bonchev–Trinajstić information content (AvgIpc) is 3.52. The highest BCUT2D eigenvalue weighted by atomic mass is 19.4. The first-order valence-corrected chi connectivity index (χ1v) is 15.9. The molecule has 13 nitrogen and oxygen atoms in total. The Morgan fingerprint density at radius 3 is 2.28 bits per heavy atom. The molecule has 0 aromatic heterocycles. The van der Waals surface area contributed by atoms with Crippen LogP contribution in [-0.4, -0.2) is 105 Å². The van der Waals surface area contributed by atoms with Crippen LogP contribution in [0.1, 0.15) is 35.2 Å². The summed E-state index contributed by atoms with van der Waals surface area (Å²) in [5.74, 6) is -14.6. The lowest BCUT2D eigenvalue weighted by molar-refractivity contribution is -0.186. The Kier molecular flexibility index (Phi) is 8.46. The van der Waals surface area contributed by atoms with Gasteiger partial charge in [-0.05, 0) is 80.6 Å². The van der Waals surface area contributed by atoms with Gasteiger partial charge in [-0.3, -0.25) is 38.5 Å². The van der Waals surface area contributed by atoms with Crippen molar-refractivity contribution in [2.75, 3.05) is 26.0 Å². The van der Waals surface area contributed by atoms with Crippen LogP contribution in [-0.2, 0) is 35.2 Å². The summed E-state index contributed by atoms with van der Waals surface area (Å²) in [6.07, 6.45) is -4.93. The van der Waals surface area contributed by atoms with E-state index in [1.54, 1.807) is 18.2 Å². The summed E-state index contributed by atoms with van der Waals surface area (Å²) in [6, 6.07) is 6.34. The minimum Gasteiger partial charge on any atom is -0.507 e. The highest BCUT2D eigenvalue weighted by Crippen LogP contribution is 2.51. The highest BCUT2D eigenvalue weighted by Gasteiger charge is 2.69. The average molecular weight is 699 g/mol. The molecule has 4 aliphatic rings. The molecule has 6 rings (SSSR count). The van der Waals surface area contributed by atoms with Gasteiger partial charge >= 0.3 is 12.1 Å². The van der Waals surface area contributed by atoms with E-state index in [-0.39, 0.29) is 43.5 Å². The number of likely N-dealkylation sites (N-methyl/N-ethyl adjacent to an activating group) is 1. The van der Waals surface area contributed by atoms with E-state index >= 15 is 0 Å². The number of phenolic OH excluding ortho intramolecular Hbond substituents is 1. The van der Waals surface area contributed by atoms with Crippen molar-refractivity contribution in [1.29, 1.82) is 0 Å². The largest absolute Gasteiger partial charge is 0.507 e. The van der Waals surface area contributed by atoms with Gasteiger partial charge in [0.2, 0.25) is 11.8 Å². The summed E-state index contributed by atoms with van der Waals surface area (Å²) in [4.78, 5) is 93.5. The lowest BCUT2D eigenvalue weighted by atomic mass is 9.52. The fourth-order valence-corrected chi connectivity index (χ4v) is 8.28. The van der Waals surface area contributed by atoms with Gasteiger partial charge in [0.1, 0.15) is 11.8 Å². The van der Waals surface area contributed by atoms with E-state index in [4.69, 9.17) is 5.73 Å². The molecule has 1 aliphatic heterocycles. The molecule has 264 valence electrons. The van der Waals surface area contributed by atoms with Crippen LogP contribution >= 0.6 is 0 Å². The van der Waals surface area contributed by atoms with Gasteiger partial charge in [0, 0.05) is 18.2 Å². The maximum absolute atomic E-state index is 14.0. The van der Waals surface area contributed by atoms with Gasteiger partial charge in [-0.1, -0.05) is 18.2 Å². The fourth-order valence-electron chi connectivity index (χ4n) is 8.28. The molecule has 0 radical (unpaired) electrons. The van der Waals surface area contributed by atoms with E-state index in [9.17, 15) is 56.9 Å². The number of carbonyl (C=O) groups excluding carboxylic acids is 7. The number of nitrogens with zero attached hydrogens (tertiary/aromatic N) is 2. The first kappa shape index (κ1) is 34.9. The van der Waals surface area contributed by atoms with Crippen molar-refractivity contribution < 1.29 is 56.9 Å². The van der Waals surface area contributed by atoms with Gasteiger partial charge in [0.15, 0.2) is 34.7 Å². The Hall–Kier alpha value is -4.96. The van der Waals surface area contributed by atoms with Crippen LogP contribution in [0.25, 0.3) is 11.1 Å². The van der Waals surface area contributed by atoms with Crippen LogP contribution in [0.3, 0.4) is 0 Å². The van der Waals surface area contributed by atoms with Crippen molar-refractivity contribution in [2.45, 2.75) is 49.5 Å². The van der Waals surface area contributed by atoms with Crippen LogP contribution in [0.15, 0.2) is 36.4 Å². The summed E-state index contributed by atoms with van der Waals surface area (Å²) in [5.41, 5.74) is 3.88. The van der Waals surface area contributed by atoms with Crippen LogP contribution in [0.5, 0.6) is 5.75 Å². The maximum Gasteiger partial charge on any atom is 0.471 e. The second-order valence-corrected chi connectivity index (χ2v) is 13.5. The summed E-state index contributed by atoms with van der Waals surface area (Å²) >= 11 is 0. The molecular formula is C34H33F3N4O9. The molecule has 0 spiro atoms. The number of hydrogen-bond acceptors (Lipinski definition) is 10. The minimum atomic E-state index is -5.12. The van der Waals surface area contributed by atoms with Crippen LogP contribution in [0.2, 0.25) is 0 Å². The molecule has 7 atom stereocenters. The van der Waals surface area contributed by atoms with Crippen LogP contribution in [0, 0.1) is 23.7 Å². The third kappa shape index (κ3) is 5.28. The number of amides is 3. The van der Waals surface area contributed by atoms with Gasteiger partial charge in [0.05, 0.1) is 17.5 Å². The number of halogens is 3. The Morgan fingerprint density at radius 1 is 1.02 bits per heavy atom. The number of hydrogen-bond donors (Lipinski definition) is 4. The number of ketones is 4. The number of rotatable bonds is 5. The molecule has 1 saturated heterocycles. The van der Waals surface area contributed by atoms with Gasteiger partial charge in [0.25, 0.3) is 0 Å². The van der Waals surface area contributed by atoms with Crippen molar-refractivity contribution in [3.05, 3.63) is 47.5 Å². The number of primary amides is 1. The standard InChI is InChI=1S/C34H33F3N4O9/c1-40(2)25-19-13-15-12-18-17(14-5-7-16(8-6-14)39-31(48)20-4-3-11-41(20)32(49)34(35,36)37)9-10-21(42)23(18)26(43)22(15)28(45)33(19,50)29(46)24(27(25)44)30(38)47/h5-10,15,19-20,22,24-25,42,50H,3-4,11-13H2,1-2H3,(H2,38,47)(H,39,48)/t15-,19-,20?,22?,24?,25-,33-/m1/s1. The monoisotopic (exact) mass is 698 g/mol. The number of aromatic hydroxyl groups is 1. The molecular weight excluding hydrogens is 665 g/mol. The third-order valence-corrected chi connectivity index (χ3v) is 10.5. The molecule has 16 heteroatoms.